The highest BCUT2D eigenvalue weighted by molar-refractivity contribution is 7.92. The van der Waals surface area contributed by atoms with Crippen LogP contribution in [0.4, 0.5) is 14.5 Å². The molecule has 0 amide bonds. The van der Waals surface area contributed by atoms with E-state index in [2.05, 4.69) is 14.9 Å². The van der Waals surface area contributed by atoms with Gasteiger partial charge in [0.25, 0.3) is 10.0 Å². The van der Waals surface area contributed by atoms with Gasteiger partial charge in [0.05, 0.1) is 0 Å². The number of rotatable bonds is 4. The van der Waals surface area contributed by atoms with E-state index < -0.39 is 26.6 Å². The van der Waals surface area contributed by atoms with Crippen LogP contribution in [0.15, 0.2) is 47.4 Å². The summed E-state index contributed by atoms with van der Waals surface area (Å²) in [7, 11) is -4.43. The van der Waals surface area contributed by atoms with Gasteiger partial charge in [0.2, 0.25) is 0 Å². The SMILES string of the molecule is O=S(=O)(Nc1cccc(-c2nnc3n2CCCCC3)c1)c1c(F)cccc1F. The van der Waals surface area contributed by atoms with Crippen molar-refractivity contribution in [1.82, 2.24) is 14.8 Å². The zero-order valence-corrected chi connectivity index (χ0v) is 15.7. The first-order valence-corrected chi connectivity index (χ1v) is 10.4. The Morgan fingerprint density at radius 3 is 2.50 bits per heavy atom. The van der Waals surface area contributed by atoms with Crippen LogP contribution in [0.1, 0.15) is 25.1 Å². The van der Waals surface area contributed by atoms with E-state index in [0.29, 0.717) is 11.4 Å². The van der Waals surface area contributed by atoms with Crippen molar-refractivity contribution < 1.29 is 17.2 Å². The van der Waals surface area contributed by atoms with Crippen molar-refractivity contribution in [3.05, 3.63) is 59.9 Å². The fourth-order valence-electron chi connectivity index (χ4n) is 3.37. The minimum absolute atomic E-state index is 0.186. The maximum atomic E-state index is 13.9. The van der Waals surface area contributed by atoms with Crippen molar-refractivity contribution in [2.24, 2.45) is 0 Å². The van der Waals surface area contributed by atoms with E-state index in [9.17, 15) is 17.2 Å². The summed E-state index contributed by atoms with van der Waals surface area (Å²) >= 11 is 0. The highest BCUT2D eigenvalue weighted by atomic mass is 32.2. The number of fused-ring (bicyclic) bond motifs is 1. The predicted octanol–water partition coefficient (Wildman–Crippen LogP) is 3.75. The molecule has 1 aliphatic rings. The Hall–Kier alpha value is -2.81. The van der Waals surface area contributed by atoms with Crippen molar-refractivity contribution >= 4 is 15.7 Å². The fourth-order valence-corrected chi connectivity index (χ4v) is 4.55. The van der Waals surface area contributed by atoms with E-state index in [1.807, 2.05) is 4.57 Å². The number of anilines is 1. The molecule has 0 radical (unpaired) electrons. The average Bonchev–Trinajstić information content (AvgIpc) is 2.90. The number of benzene rings is 2. The van der Waals surface area contributed by atoms with Gasteiger partial charge >= 0.3 is 0 Å². The van der Waals surface area contributed by atoms with Gasteiger partial charge in [0.15, 0.2) is 10.7 Å². The number of aryl methyl sites for hydroxylation is 1. The number of aromatic nitrogens is 3. The number of hydrogen-bond donors (Lipinski definition) is 1. The van der Waals surface area contributed by atoms with Gasteiger partial charge in [-0.25, -0.2) is 17.2 Å². The predicted molar refractivity (Wildman–Crippen MR) is 100 cm³/mol. The molecule has 2 heterocycles. The van der Waals surface area contributed by atoms with E-state index in [1.54, 1.807) is 18.2 Å². The van der Waals surface area contributed by atoms with Crippen LogP contribution in [-0.2, 0) is 23.0 Å². The van der Waals surface area contributed by atoms with Gasteiger partial charge in [0, 0.05) is 24.2 Å². The van der Waals surface area contributed by atoms with Gasteiger partial charge in [-0.15, -0.1) is 10.2 Å². The molecule has 0 fully saturated rings. The first-order valence-electron chi connectivity index (χ1n) is 8.95. The zero-order valence-electron chi connectivity index (χ0n) is 14.9. The van der Waals surface area contributed by atoms with E-state index in [0.717, 1.165) is 56.3 Å². The average molecular weight is 404 g/mol. The normalized spacial score (nSPS) is 14.4. The van der Waals surface area contributed by atoms with Gasteiger partial charge in [-0.3, -0.25) is 4.72 Å². The van der Waals surface area contributed by atoms with Crippen LogP contribution >= 0.6 is 0 Å². The number of halogens is 2. The highest BCUT2D eigenvalue weighted by Crippen LogP contribution is 2.27. The van der Waals surface area contributed by atoms with Gasteiger partial charge in [-0.1, -0.05) is 24.6 Å². The summed E-state index contributed by atoms with van der Waals surface area (Å²) in [6.07, 6.45) is 4.06. The minimum atomic E-state index is -4.43. The minimum Gasteiger partial charge on any atom is -0.311 e. The fraction of sp³-hybridized carbons (Fsp3) is 0.263. The smallest absolute Gasteiger partial charge is 0.267 e. The summed E-state index contributed by atoms with van der Waals surface area (Å²) in [5.74, 6) is -0.736. The van der Waals surface area contributed by atoms with Crippen LogP contribution in [0.3, 0.4) is 0 Å². The molecule has 0 atom stereocenters. The molecular weight excluding hydrogens is 386 g/mol. The van der Waals surface area contributed by atoms with Gasteiger partial charge < -0.3 is 4.57 Å². The van der Waals surface area contributed by atoms with E-state index in [1.165, 1.54) is 6.07 Å². The zero-order chi connectivity index (χ0) is 19.7. The second-order valence-electron chi connectivity index (χ2n) is 6.64. The summed E-state index contributed by atoms with van der Waals surface area (Å²) < 4.78 is 57.1. The molecule has 9 heteroatoms. The maximum Gasteiger partial charge on any atom is 0.267 e. The van der Waals surface area contributed by atoms with Crippen molar-refractivity contribution in [2.45, 2.75) is 37.1 Å². The van der Waals surface area contributed by atoms with Crippen LogP contribution in [0.5, 0.6) is 0 Å². The van der Waals surface area contributed by atoms with Gasteiger partial charge in [0.1, 0.15) is 17.5 Å². The molecule has 0 unspecified atom stereocenters. The number of sulfonamides is 1. The molecule has 146 valence electrons. The Balaban J connectivity index is 1.68. The highest BCUT2D eigenvalue weighted by Gasteiger charge is 2.24. The van der Waals surface area contributed by atoms with Crippen molar-refractivity contribution in [1.29, 1.82) is 0 Å². The molecule has 1 aliphatic heterocycles. The number of nitrogens with zero attached hydrogens (tertiary/aromatic N) is 3. The lowest BCUT2D eigenvalue weighted by Crippen LogP contribution is -2.16. The summed E-state index contributed by atoms with van der Waals surface area (Å²) in [5.41, 5.74) is 0.862. The van der Waals surface area contributed by atoms with E-state index >= 15 is 0 Å². The molecular formula is C19H18F2N4O2S. The molecule has 0 aliphatic carbocycles. The number of nitrogens with one attached hydrogen (secondary N) is 1. The van der Waals surface area contributed by atoms with Crippen LogP contribution in [0, 0.1) is 11.6 Å². The van der Waals surface area contributed by atoms with Crippen molar-refractivity contribution in [2.75, 3.05) is 4.72 Å². The van der Waals surface area contributed by atoms with Gasteiger partial charge in [-0.05, 0) is 37.1 Å². The molecule has 4 rings (SSSR count). The summed E-state index contributed by atoms with van der Waals surface area (Å²) in [6.45, 7) is 0.800. The standard InChI is InChI=1S/C19H18F2N4O2S/c20-15-8-5-9-16(21)18(15)28(26,27)24-14-7-4-6-13(12-14)19-23-22-17-10-2-1-3-11-25(17)19/h4-9,12,24H,1-3,10-11H2. The molecule has 6 nitrogen and oxygen atoms in total. The molecule has 0 saturated carbocycles. The molecule has 0 saturated heterocycles. The van der Waals surface area contributed by atoms with Gasteiger partial charge in [-0.2, -0.15) is 0 Å². The van der Waals surface area contributed by atoms with Crippen molar-refractivity contribution in [3.8, 4) is 11.4 Å². The van der Waals surface area contributed by atoms with Crippen LogP contribution in [-0.4, -0.2) is 23.2 Å². The molecule has 0 spiro atoms. The lowest BCUT2D eigenvalue weighted by atomic mass is 10.2. The third-order valence-corrected chi connectivity index (χ3v) is 6.10. The lowest BCUT2D eigenvalue weighted by Gasteiger charge is -2.11. The van der Waals surface area contributed by atoms with Crippen LogP contribution in [0.2, 0.25) is 0 Å². The number of hydrogen-bond acceptors (Lipinski definition) is 4. The summed E-state index contributed by atoms with van der Waals surface area (Å²) in [6, 6.07) is 9.46. The summed E-state index contributed by atoms with van der Waals surface area (Å²) in [5, 5.41) is 8.49. The Morgan fingerprint density at radius 2 is 1.71 bits per heavy atom. The molecule has 3 aromatic rings. The first-order chi connectivity index (χ1) is 13.5. The molecule has 1 aromatic heterocycles. The quantitative estimate of drug-likeness (QED) is 0.719. The first kappa shape index (κ1) is 18.5. The Kier molecular flexibility index (Phi) is 4.84. The second-order valence-corrected chi connectivity index (χ2v) is 8.26. The largest absolute Gasteiger partial charge is 0.311 e. The van der Waals surface area contributed by atoms with E-state index in [4.69, 9.17) is 0 Å². The third-order valence-electron chi connectivity index (χ3n) is 4.67. The maximum absolute atomic E-state index is 13.9. The van der Waals surface area contributed by atoms with E-state index in [-0.39, 0.29) is 5.69 Å². The van der Waals surface area contributed by atoms with Crippen LogP contribution < -0.4 is 4.72 Å². The molecule has 2 aromatic carbocycles. The summed E-state index contributed by atoms with van der Waals surface area (Å²) in [4.78, 5) is -1.00. The third kappa shape index (κ3) is 3.49. The second kappa shape index (κ2) is 7.31. The lowest BCUT2D eigenvalue weighted by molar-refractivity contribution is 0.521. The topological polar surface area (TPSA) is 76.9 Å². The molecule has 0 bridgehead atoms. The monoisotopic (exact) mass is 404 g/mol. The Morgan fingerprint density at radius 1 is 0.964 bits per heavy atom. The Bertz CT molecular complexity index is 1110. The molecule has 28 heavy (non-hydrogen) atoms. The van der Waals surface area contributed by atoms with Crippen LogP contribution in [0.25, 0.3) is 11.4 Å². The Labute approximate surface area is 161 Å². The van der Waals surface area contributed by atoms with Crippen molar-refractivity contribution in [3.63, 3.8) is 0 Å². The molecule has 1 N–H and O–H groups in total.